The number of fused-ring (bicyclic) bond motifs is 2. The molecule has 0 spiro atoms. The van der Waals surface area contributed by atoms with E-state index in [2.05, 4.69) is 15.2 Å². The molecule has 0 amide bonds. The predicted octanol–water partition coefficient (Wildman–Crippen LogP) is 4.62. The summed E-state index contributed by atoms with van der Waals surface area (Å²) in [6.07, 6.45) is -4.62. The molecule has 0 saturated carbocycles. The first-order valence-corrected chi connectivity index (χ1v) is 10.0. The summed E-state index contributed by atoms with van der Waals surface area (Å²) in [7, 11) is 0. The second kappa shape index (κ2) is 7.34. The summed E-state index contributed by atoms with van der Waals surface area (Å²) in [5.74, 6) is 1.74. The van der Waals surface area contributed by atoms with Gasteiger partial charge in [-0.2, -0.15) is 23.3 Å². The van der Waals surface area contributed by atoms with Gasteiger partial charge in [-0.3, -0.25) is 4.68 Å². The van der Waals surface area contributed by atoms with Gasteiger partial charge in [-0.15, -0.1) is 0 Å². The number of hydrogen-bond donors (Lipinski definition) is 0. The topological polar surface area (TPSA) is 84.4 Å². The summed E-state index contributed by atoms with van der Waals surface area (Å²) in [6, 6.07) is 12.0. The van der Waals surface area contributed by atoms with Crippen LogP contribution in [0.4, 0.5) is 13.2 Å². The lowest BCUT2D eigenvalue weighted by molar-refractivity contribution is -0.137. The molecule has 6 rings (SSSR count). The Morgan fingerprint density at radius 3 is 2.61 bits per heavy atom. The van der Waals surface area contributed by atoms with Crippen molar-refractivity contribution in [1.82, 2.24) is 19.9 Å². The Bertz CT molecular complexity index is 1330. The Hall–Kier alpha value is -3.86. The maximum atomic E-state index is 12.8. The predicted molar refractivity (Wildman–Crippen MR) is 106 cm³/mol. The molecule has 0 fully saturated rings. The van der Waals surface area contributed by atoms with Crippen LogP contribution in [-0.2, 0) is 24.1 Å². The lowest BCUT2D eigenvalue weighted by Gasteiger charge is -2.24. The summed E-state index contributed by atoms with van der Waals surface area (Å²) in [5, 5.41) is 8.44. The molecule has 1 atom stereocenters. The van der Waals surface area contributed by atoms with E-state index in [1.807, 2.05) is 22.9 Å². The fourth-order valence-corrected chi connectivity index (χ4v) is 3.80. The van der Waals surface area contributed by atoms with Crippen LogP contribution in [0.15, 0.2) is 53.1 Å². The van der Waals surface area contributed by atoms with Gasteiger partial charge in [0.15, 0.2) is 17.2 Å². The summed E-state index contributed by atoms with van der Waals surface area (Å²) in [4.78, 5) is 4.30. The van der Waals surface area contributed by atoms with E-state index >= 15 is 0 Å². The van der Waals surface area contributed by atoms with E-state index in [0.717, 1.165) is 23.4 Å². The fourth-order valence-electron chi connectivity index (χ4n) is 3.80. The standard InChI is InChI=1S/C22H15F3N4O4/c23-22(24,25)14-4-1-12(2-5-14)20-26-21(33-28-20)16-8-15-10-30-19(9-29(15)27-16)13-3-6-17-18(7-13)32-11-31-17/h1-8,19H,9-11H2/t19-/m0/s1. The van der Waals surface area contributed by atoms with Crippen LogP contribution in [0.25, 0.3) is 23.0 Å². The molecule has 2 aromatic heterocycles. The average Bonchev–Trinajstić information content (AvgIpc) is 3.56. The molecule has 2 aliphatic heterocycles. The van der Waals surface area contributed by atoms with E-state index in [9.17, 15) is 13.2 Å². The van der Waals surface area contributed by atoms with Crippen LogP contribution >= 0.6 is 0 Å². The normalized spacial score (nSPS) is 17.2. The molecular formula is C22H15F3N4O4. The van der Waals surface area contributed by atoms with Crippen molar-refractivity contribution in [3.05, 3.63) is 65.4 Å². The van der Waals surface area contributed by atoms with Crippen LogP contribution in [0.5, 0.6) is 11.5 Å². The minimum absolute atomic E-state index is 0.173. The first kappa shape index (κ1) is 19.8. The molecule has 168 valence electrons. The number of rotatable bonds is 3. The van der Waals surface area contributed by atoms with Crippen molar-refractivity contribution in [2.75, 3.05) is 6.79 Å². The van der Waals surface area contributed by atoms with Gasteiger partial charge in [-0.25, -0.2) is 0 Å². The van der Waals surface area contributed by atoms with Gasteiger partial charge in [0, 0.05) is 5.56 Å². The van der Waals surface area contributed by atoms with Gasteiger partial charge in [-0.05, 0) is 35.9 Å². The van der Waals surface area contributed by atoms with Crippen molar-refractivity contribution >= 4 is 0 Å². The summed E-state index contributed by atoms with van der Waals surface area (Å²) < 4.78 is 62.2. The van der Waals surface area contributed by atoms with E-state index < -0.39 is 11.7 Å². The molecule has 0 bridgehead atoms. The van der Waals surface area contributed by atoms with Crippen molar-refractivity contribution in [2.45, 2.75) is 25.4 Å². The van der Waals surface area contributed by atoms with Crippen molar-refractivity contribution in [2.24, 2.45) is 0 Å². The molecule has 11 heteroatoms. The van der Waals surface area contributed by atoms with Gasteiger partial charge in [0.2, 0.25) is 12.6 Å². The van der Waals surface area contributed by atoms with E-state index in [0.29, 0.717) is 35.9 Å². The van der Waals surface area contributed by atoms with E-state index in [4.69, 9.17) is 18.7 Å². The monoisotopic (exact) mass is 456 g/mol. The molecule has 2 aromatic carbocycles. The molecular weight excluding hydrogens is 441 g/mol. The summed E-state index contributed by atoms with van der Waals surface area (Å²) in [6.45, 7) is 1.02. The Morgan fingerprint density at radius 2 is 1.79 bits per heavy atom. The van der Waals surface area contributed by atoms with Gasteiger partial charge in [0.05, 0.1) is 24.4 Å². The zero-order valence-corrected chi connectivity index (χ0v) is 16.9. The fraction of sp³-hybridized carbons (Fsp3) is 0.227. The van der Waals surface area contributed by atoms with Crippen LogP contribution in [-0.4, -0.2) is 26.7 Å². The quantitative estimate of drug-likeness (QED) is 0.445. The number of aromatic nitrogens is 4. The third-order valence-corrected chi connectivity index (χ3v) is 5.52. The van der Waals surface area contributed by atoms with Crippen molar-refractivity contribution in [1.29, 1.82) is 0 Å². The third kappa shape index (κ3) is 3.59. The Kier molecular flexibility index (Phi) is 4.40. The number of benzene rings is 2. The smallest absolute Gasteiger partial charge is 0.416 e. The maximum Gasteiger partial charge on any atom is 0.416 e. The minimum atomic E-state index is -4.41. The summed E-state index contributed by atoms with van der Waals surface area (Å²) in [5.41, 5.74) is 1.92. The van der Waals surface area contributed by atoms with E-state index in [1.54, 1.807) is 6.07 Å². The van der Waals surface area contributed by atoms with Gasteiger partial charge in [0.25, 0.3) is 5.89 Å². The number of alkyl halides is 3. The molecule has 0 unspecified atom stereocenters. The lowest BCUT2D eigenvalue weighted by atomic mass is 10.1. The maximum absolute atomic E-state index is 12.8. The molecule has 0 saturated heterocycles. The SMILES string of the molecule is FC(F)(F)c1ccc(-c2noc(-c3cc4n(n3)C[C@@H](c3ccc5c(c3)OCO5)OC4)n2)cc1. The van der Waals surface area contributed by atoms with Crippen molar-refractivity contribution in [3.8, 4) is 34.5 Å². The highest BCUT2D eigenvalue weighted by atomic mass is 19.4. The largest absolute Gasteiger partial charge is 0.454 e. The van der Waals surface area contributed by atoms with Crippen LogP contribution < -0.4 is 9.47 Å². The number of hydrogen-bond acceptors (Lipinski definition) is 7. The molecule has 8 nitrogen and oxygen atoms in total. The summed E-state index contributed by atoms with van der Waals surface area (Å²) >= 11 is 0. The molecule has 0 aliphatic carbocycles. The van der Waals surface area contributed by atoms with Crippen LogP contribution in [0, 0.1) is 0 Å². The number of ether oxygens (including phenoxy) is 3. The van der Waals surface area contributed by atoms with Crippen molar-refractivity contribution in [3.63, 3.8) is 0 Å². The second-order valence-electron chi connectivity index (χ2n) is 7.61. The highest BCUT2D eigenvalue weighted by Crippen LogP contribution is 2.37. The Labute approximate surface area is 184 Å². The number of nitrogens with zero attached hydrogens (tertiary/aromatic N) is 4. The second-order valence-corrected chi connectivity index (χ2v) is 7.61. The van der Waals surface area contributed by atoms with E-state index in [1.165, 1.54) is 12.1 Å². The van der Waals surface area contributed by atoms with Gasteiger partial charge < -0.3 is 18.7 Å². The van der Waals surface area contributed by atoms with Gasteiger partial charge >= 0.3 is 6.18 Å². The highest BCUT2D eigenvalue weighted by molar-refractivity contribution is 5.58. The van der Waals surface area contributed by atoms with Crippen LogP contribution in [0.1, 0.15) is 22.9 Å². The molecule has 0 radical (unpaired) electrons. The van der Waals surface area contributed by atoms with E-state index in [-0.39, 0.29) is 24.6 Å². The average molecular weight is 456 g/mol. The first-order chi connectivity index (χ1) is 15.9. The molecule has 33 heavy (non-hydrogen) atoms. The van der Waals surface area contributed by atoms with Crippen LogP contribution in [0.3, 0.4) is 0 Å². The molecule has 2 aliphatic rings. The Morgan fingerprint density at radius 1 is 0.970 bits per heavy atom. The molecule has 4 heterocycles. The number of halogens is 3. The van der Waals surface area contributed by atoms with Gasteiger partial charge in [0.1, 0.15) is 6.10 Å². The highest BCUT2D eigenvalue weighted by Gasteiger charge is 2.30. The minimum Gasteiger partial charge on any atom is -0.454 e. The van der Waals surface area contributed by atoms with Crippen LogP contribution in [0.2, 0.25) is 0 Å². The Balaban J connectivity index is 1.22. The zero-order valence-electron chi connectivity index (χ0n) is 16.9. The molecule has 0 N–H and O–H groups in total. The van der Waals surface area contributed by atoms with Gasteiger partial charge in [-0.1, -0.05) is 23.4 Å². The molecule has 4 aromatic rings. The zero-order chi connectivity index (χ0) is 22.6. The third-order valence-electron chi connectivity index (χ3n) is 5.52. The lowest BCUT2D eigenvalue weighted by Crippen LogP contribution is -2.21. The van der Waals surface area contributed by atoms with Crippen molar-refractivity contribution < 1.29 is 31.9 Å². The first-order valence-electron chi connectivity index (χ1n) is 10.0.